The minimum atomic E-state index is -0.151. The van der Waals surface area contributed by atoms with Crippen molar-refractivity contribution in [2.24, 2.45) is 5.73 Å². The Morgan fingerprint density at radius 1 is 0.577 bits per heavy atom. The van der Waals surface area contributed by atoms with Gasteiger partial charge in [0.05, 0.1) is 0 Å². The van der Waals surface area contributed by atoms with Crippen molar-refractivity contribution in [2.75, 3.05) is 6.61 Å². The van der Waals surface area contributed by atoms with Gasteiger partial charge < -0.3 is 10.8 Å². The number of hydrogen-bond acceptors (Lipinski definition) is 2. The van der Waals surface area contributed by atoms with Crippen LogP contribution in [0.2, 0.25) is 0 Å². The van der Waals surface area contributed by atoms with Gasteiger partial charge in [0.25, 0.3) is 0 Å². The summed E-state index contributed by atoms with van der Waals surface area (Å²) >= 11 is 0. The van der Waals surface area contributed by atoms with Crippen LogP contribution in [0.5, 0.6) is 0 Å². The number of amides is 1. The zero-order valence-corrected chi connectivity index (χ0v) is 18.1. The second kappa shape index (κ2) is 26.7. The molecule has 3 nitrogen and oxygen atoms in total. The van der Waals surface area contributed by atoms with Crippen molar-refractivity contribution in [3.05, 3.63) is 0 Å². The predicted octanol–water partition coefficient (Wildman–Crippen LogP) is 6.90. The molecule has 0 unspecified atom stereocenters. The maximum atomic E-state index is 10.6. The predicted molar refractivity (Wildman–Crippen MR) is 115 cm³/mol. The highest BCUT2D eigenvalue weighted by molar-refractivity contribution is 5.73. The number of rotatable bonds is 19. The second-order valence-electron chi connectivity index (χ2n) is 7.54. The average molecular weight is 372 g/mol. The van der Waals surface area contributed by atoms with Gasteiger partial charge in [-0.15, -0.1) is 0 Å². The summed E-state index contributed by atoms with van der Waals surface area (Å²) in [6.07, 6.45) is 25.3. The number of carbonyl (C=O) groups excluding carboxylic acids is 1. The molecule has 0 rings (SSSR count). The van der Waals surface area contributed by atoms with Crippen LogP contribution in [0.1, 0.15) is 136 Å². The number of carbonyl (C=O) groups is 1. The Kier molecular flexibility index (Phi) is 28.3. The van der Waals surface area contributed by atoms with Crippen LogP contribution in [0.25, 0.3) is 0 Å². The summed E-state index contributed by atoms with van der Waals surface area (Å²) in [4.78, 5) is 10.6. The molecular weight excluding hydrogens is 322 g/mol. The van der Waals surface area contributed by atoms with Gasteiger partial charge in [0.2, 0.25) is 5.91 Å². The third kappa shape index (κ3) is 31.2. The lowest BCUT2D eigenvalue weighted by atomic mass is 10.0. The van der Waals surface area contributed by atoms with Crippen LogP contribution in [-0.4, -0.2) is 17.6 Å². The summed E-state index contributed by atoms with van der Waals surface area (Å²) in [5.74, 6) is -0.151. The molecule has 0 bridgehead atoms. The molecule has 0 saturated heterocycles. The van der Waals surface area contributed by atoms with E-state index in [1.165, 1.54) is 109 Å². The molecular formula is C23H49NO2. The van der Waals surface area contributed by atoms with Crippen LogP contribution in [-0.2, 0) is 4.79 Å². The molecule has 0 aliphatic carbocycles. The van der Waals surface area contributed by atoms with Crippen molar-refractivity contribution in [3.8, 4) is 0 Å². The number of hydrogen-bond donors (Lipinski definition) is 2. The molecule has 0 aromatic heterocycles. The summed E-state index contributed by atoms with van der Waals surface area (Å²) in [6.45, 7) is 4.21. The minimum Gasteiger partial charge on any atom is -0.397 e. The first-order chi connectivity index (χ1) is 12.7. The first kappa shape index (κ1) is 27.6. The first-order valence-electron chi connectivity index (χ1n) is 11.6. The lowest BCUT2D eigenvalue weighted by Crippen LogP contribution is -2.09. The van der Waals surface area contributed by atoms with Gasteiger partial charge in [-0.1, -0.05) is 116 Å². The quantitative estimate of drug-likeness (QED) is 0.242. The van der Waals surface area contributed by atoms with E-state index in [2.05, 4.69) is 6.92 Å². The van der Waals surface area contributed by atoms with E-state index in [0.717, 1.165) is 6.42 Å². The average Bonchev–Trinajstić information content (AvgIpc) is 2.61. The molecule has 0 spiro atoms. The van der Waals surface area contributed by atoms with E-state index in [-0.39, 0.29) is 12.5 Å². The Labute approximate surface area is 164 Å². The summed E-state index contributed by atoms with van der Waals surface area (Å²) in [6, 6.07) is 0. The van der Waals surface area contributed by atoms with E-state index in [1.807, 2.05) is 0 Å². The third-order valence-corrected chi connectivity index (χ3v) is 4.78. The molecule has 0 aromatic carbocycles. The number of unbranched alkanes of at least 4 members (excludes halogenated alkanes) is 17. The zero-order chi connectivity index (χ0) is 19.7. The molecule has 0 aliphatic rings. The molecule has 3 N–H and O–H groups in total. The molecule has 0 aromatic rings. The SMILES string of the molecule is CCCCCCCCCCCCCCCCCCCCC(N)=O.CCO. The molecule has 1 amide bonds. The van der Waals surface area contributed by atoms with E-state index < -0.39 is 0 Å². The van der Waals surface area contributed by atoms with Crippen LogP contribution in [0.15, 0.2) is 0 Å². The fraction of sp³-hybridized carbons (Fsp3) is 0.957. The van der Waals surface area contributed by atoms with Crippen molar-refractivity contribution in [1.29, 1.82) is 0 Å². The van der Waals surface area contributed by atoms with Crippen LogP contribution in [0.4, 0.5) is 0 Å². The van der Waals surface area contributed by atoms with Crippen molar-refractivity contribution in [1.82, 2.24) is 0 Å². The van der Waals surface area contributed by atoms with Gasteiger partial charge in [0.15, 0.2) is 0 Å². The van der Waals surface area contributed by atoms with Crippen molar-refractivity contribution in [3.63, 3.8) is 0 Å². The van der Waals surface area contributed by atoms with E-state index in [4.69, 9.17) is 10.8 Å². The summed E-state index contributed by atoms with van der Waals surface area (Å²) < 4.78 is 0. The third-order valence-electron chi connectivity index (χ3n) is 4.78. The van der Waals surface area contributed by atoms with Gasteiger partial charge in [-0.2, -0.15) is 0 Å². The van der Waals surface area contributed by atoms with Gasteiger partial charge in [-0.3, -0.25) is 4.79 Å². The van der Waals surface area contributed by atoms with Gasteiger partial charge in [-0.05, 0) is 13.3 Å². The Morgan fingerprint density at radius 2 is 0.808 bits per heavy atom. The Morgan fingerprint density at radius 3 is 1.04 bits per heavy atom. The standard InChI is InChI=1S/C21H43NO.C2H6O/c1-2-3-4-5-6-7-8-9-10-11-12-13-14-15-16-17-18-19-20-21(22)23;1-2-3/h2-20H2,1H3,(H2,22,23);3H,2H2,1H3. The summed E-state index contributed by atoms with van der Waals surface area (Å²) in [5, 5.41) is 7.57. The van der Waals surface area contributed by atoms with Gasteiger partial charge in [0.1, 0.15) is 0 Å². The largest absolute Gasteiger partial charge is 0.397 e. The molecule has 0 fully saturated rings. The highest BCUT2D eigenvalue weighted by Gasteiger charge is 1.96. The van der Waals surface area contributed by atoms with E-state index in [9.17, 15) is 4.79 Å². The van der Waals surface area contributed by atoms with Crippen LogP contribution >= 0.6 is 0 Å². The number of aliphatic hydroxyl groups is 1. The summed E-state index contributed by atoms with van der Waals surface area (Å²) in [5.41, 5.74) is 5.13. The lowest BCUT2D eigenvalue weighted by molar-refractivity contribution is -0.118. The molecule has 3 heteroatoms. The molecule has 0 atom stereocenters. The molecule has 158 valence electrons. The Bertz CT molecular complexity index is 257. The highest BCUT2D eigenvalue weighted by atomic mass is 16.2. The second-order valence-corrected chi connectivity index (χ2v) is 7.54. The topological polar surface area (TPSA) is 63.3 Å². The van der Waals surface area contributed by atoms with Gasteiger partial charge in [-0.25, -0.2) is 0 Å². The fourth-order valence-corrected chi connectivity index (χ4v) is 3.20. The molecule has 0 heterocycles. The molecule has 26 heavy (non-hydrogen) atoms. The monoisotopic (exact) mass is 371 g/mol. The Hall–Kier alpha value is -0.570. The van der Waals surface area contributed by atoms with Crippen molar-refractivity contribution < 1.29 is 9.90 Å². The number of nitrogens with two attached hydrogens (primary N) is 1. The fourth-order valence-electron chi connectivity index (χ4n) is 3.20. The molecule has 0 saturated carbocycles. The maximum Gasteiger partial charge on any atom is 0.217 e. The number of primary amides is 1. The van der Waals surface area contributed by atoms with Crippen LogP contribution in [0.3, 0.4) is 0 Å². The maximum absolute atomic E-state index is 10.6. The van der Waals surface area contributed by atoms with Crippen LogP contribution in [0, 0.1) is 0 Å². The molecule has 0 radical (unpaired) electrons. The smallest absolute Gasteiger partial charge is 0.217 e. The zero-order valence-electron chi connectivity index (χ0n) is 18.1. The highest BCUT2D eigenvalue weighted by Crippen LogP contribution is 2.14. The van der Waals surface area contributed by atoms with E-state index in [0.29, 0.717) is 6.42 Å². The number of aliphatic hydroxyl groups excluding tert-OH is 1. The molecule has 0 aliphatic heterocycles. The summed E-state index contributed by atoms with van der Waals surface area (Å²) in [7, 11) is 0. The Balaban J connectivity index is 0. The van der Waals surface area contributed by atoms with Crippen molar-refractivity contribution in [2.45, 2.75) is 136 Å². The lowest BCUT2D eigenvalue weighted by Gasteiger charge is -2.03. The minimum absolute atomic E-state index is 0.151. The normalized spacial score (nSPS) is 10.4. The first-order valence-corrected chi connectivity index (χ1v) is 11.6. The van der Waals surface area contributed by atoms with E-state index in [1.54, 1.807) is 6.92 Å². The van der Waals surface area contributed by atoms with Gasteiger partial charge >= 0.3 is 0 Å². The van der Waals surface area contributed by atoms with Gasteiger partial charge in [0, 0.05) is 13.0 Å². The van der Waals surface area contributed by atoms with E-state index >= 15 is 0 Å². The van der Waals surface area contributed by atoms with Crippen LogP contribution < -0.4 is 5.73 Å². The van der Waals surface area contributed by atoms with Crippen molar-refractivity contribution >= 4 is 5.91 Å².